The van der Waals surface area contributed by atoms with Crippen molar-refractivity contribution in [2.45, 2.75) is 82.5 Å². The highest BCUT2D eigenvalue weighted by atomic mass is 16.3. The molecule has 1 saturated heterocycles. The van der Waals surface area contributed by atoms with E-state index >= 15 is 0 Å². The summed E-state index contributed by atoms with van der Waals surface area (Å²) in [5.74, 6) is -0.0404. The van der Waals surface area contributed by atoms with Gasteiger partial charge >= 0.3 is 0 Å². The number of nitrogens with zero attached hydrogens (tertiary/aromatic N) is 7. The first-order valence-electron chi connectivity index (χ1n) is 11.7. The minimum absolute atomic E-state index is 0.127. The van der Waals surface area contributed by atoms with E-state index in [1.165, 1.54) is 11.2 Å². The van der Waals surface area contributed by atoms with E-state index in [1.807, 2.05) is 27.0 Å². The highest BCUT2D eigenvalue weighted by Crippen LogP contribution is 2.42. The van der Waals surface area contributed by atoms with Gasteiger partial charge in [0.25, 0.3) is 0 Å². The van der Waals surface area contributed by atoms with Gasteiger partial charge in [0.2, 0.25) is 11.8 Å². The Morgan fingerprint density at radius 2 is 2.06 bits per heavy atom. The number of nitrogens with one attached hydrogen (secondary N) is 1. The summed E-state index contributed by atoms with van der Waals surface area (Å²) < 4.78 is 3.43. The molecule has 3 fully saturated rings. The molecule has 3 atom stereocenters. The van der Waals surface area contributed by atoms with E-state index in [1.54, 1.807) is 15.7 Å². The molecule has 0 aromatic carbocycles. The van der Waals surface area contributed by atoms with E-state index in [0.29, 0.717) is 12.5 Å². The number of β-amino-alcohol motifs (C(OH)–C–C–N with tert-alkyl or cyclic N) is 1. The van der Waals surface area contributed by atoms with Crippen molar-refractivity contribution in [3.63, 3.8) is 0 Å². The lowest BCUT2D eigenvalue weighted by Crippen LogP contribution is -2.51. The average molecular weight is 457 g/mol. The zero-order valence-electron chi connectivity index (χ0n) is 19.4. The summed E-state index contributed by atoms with van der Waals surface area (Å²) in [6, 6.07) is -1.35. The summed E-state index contributed by atoms with van der Waals surface area (Å²) in [5.41, 5.74) is 0.216. The van der Waals surface area contributed by atoms with Crippen LogP contribution in [0.5, 0.6) is 0 Å². The topological polar surface area (TPSA) is 131 Å². The molecular weight excluding hydrogens is 424 g/mol. The monoisotopic (exact) mass is 456 g/mol. The molecule has 2 saturated carbocycles. The molecule has 0 spiro atoms. The van der Waals surface area contributed by atoms with Crippen LogP contribution in [0, 0.1) is 5.41 Å². The third-order valence-corrected chi connectivity index (χ3v) is 7.03. The van der Waals surface area contributed by atoms with Crippen molar-refractivity contribution in [2.75, 3.05) is 13.1 Å². The van der Waals surface area contributed by atoms with Gasteiger partial charge in [0.1, 0.15) is 24.7 Å². The molecule has 11 heteroatoms. The molecule has 2 aromatic rings. The molecule has 2 amide bonds. The molecule has 3 heterocycles. The van der Waals surface area contributed by atoms with Crippen LogP contribution in [0.1, 0.15) is 70.5 Å². The smallest absolute Gasteiger partial charge is 0.248 e. The Morgan fingerprint density at radius 3 is 2.67 bits per heavy atom. The second-order valence-electron chi connectivity index (χ2n) is 10.8. The Balaban J connectivity index is 1.32. The number of likely N-dealkylation sites (tertiary alicyclic amines) is 1. The maximum atomic E-state index is 13.8. The molecule has 0 radical (unpaired) electrons. The number of amides is 2. The summed E-state index contributed by atoms with van der Waals surface area (Å²) >= 11 is 0. The molecule has 2 aromatic heterocycles. The first kappa shape index (κ1) is 22.0. The zero-order valence-corrected chi connectivity index (χ0v) is 19.4. The van der Waals surface area contributed by atoms with Gasteiger partial charge in [-0.25, -0.2) is 14.3 Å². The lowest BCUT2D eigenvalue weighted by Gasteiger charge is -2.34. The summed E-state index contributed by atoms with van der Waals surface area (Å²) in [4.78, 5) is 32.5. The lowest BCUT2D eigenvalue weighted by molar-refractivity contribution is -0.144. The molecule has 5 rings (SSSR count). The molecule has 178 valence electrons. The van der Waals surface area contributed by atoms with Gasteiger partial charge in [-0.05, 0) is 31.1 Å². The third kappa shape index (κ3) is 4.25. The number of hydrogen-bond donors (Lipinski definition) is 2. The SMILES string of the molecule is CC(C)(C)[C@@H](C(=O)N1C[C@H](O)C[C@H]1C(=O)NCC1(n2cncn2)CC1)n1cc(C2CC2)nn1. The molecule has 2 N–H and O–H groups in total. The Bertz CT molecular complexity index is 1020. The molecular formula is C22H32N8O3. The van der Waals surface area contributed by atoms with E-state index in [4.69, 9.17) is 0 Å². The van der Waals surface area contributed by atoms with Gasteiger partial charge < -0.3 is 15.3 Å². The van der Waals surface area contributed by atoms with Crippen LogP contribution in [-0.4, -0.2) is 76.8 Å². The second-order valence-corrected chi connectivity index (χ2v) is 10.8. The van der Waals surface area contributed by atoms with Crippen LogP contribution in [0.4, 0.5) is 0 Å². The fourth-order valence-corrected chi connectivity index (χ4v) is 4.78. The minimum Gasteiger partial charge on any atom is -0.391 e. The summed E-state index contributed by atoms with van der Waals surface area (Å²) in [7, 11) is 0. The minimum atomic E-state index is -0.742. The number of carbonyl (C=O) groups excluding carboxylic acids is 2. The Hall–Kier alpha value is -2.82. The maximum absolute atomic E-state index is 13.8. The molecule has 1 aliphatic heterocycles. The van der Waals surface area contributed by atoms with Gasteiger partial charge in [-0.3, -0.25) is 9.59 Å². The third-order valence-electron chi connectivity index (χ3n) is 7.03. The van der Waals surface area contributed by atoms with Crippen LogP contribution in [0.3, 0.4) is 0 Å². The largest absolute Gasteiger partial charge is 0.391 e. The number of carbonyl (C=O) groups is 2. The van der Waals surface area contributed by atoms with Crippen molar-refractivity contribution in [3.05, 3.63) is 24.5 Å². The van der Waals surface area contributed by atoms with Crippen LogP contribution in [0.25, 0.3) is 0 Å². The predicted octanol–water partition coefficient (Wildman–Crippen LogP) is 0.602. The van der Waals surface area contributed by atoms with Crippen LogP contribution in [0.2, 0.25) is 0 Å². The van der Waals surface area contributed by atoms with Crippen LogP contribution in [0.15, 0.2) is 18.9 Å². The van der Waals surface area contributed by atoms with Crippen LogP contribution >= 0.6 is 0 Å². The molecule has 33 heavy (non-hydrogen) atoms. The van der Waals surface area contributed by atoms with Gasteiger partial charge in [-0.1, -0.05) is 26.0 Å². The molecule has 2 aliphatic carbocycles. The second kappa shape index (κ2) is 7.89. The predicted molar refractivity (Wildman–Crippen MR) is 117 cm³/mol. The van der Waals surface area contributed by atoms with E-state index in [9.17, 15) is 14.7 Å². The van der Waals surface area contributed by atoms with Crippen molar-refractivity contribution >= 4 is 11.8 Å². The van der Waals surface area contributed by atoms with Gasteiger partial charge in [0.05, 0.1) is 17.3 Å². The Morgan fingerprint density at radius 1 is 1.30 bits per heavy atom. The van der Waals surface area contributed by atoms with E-state index in [0.717, 1.165) is 31.4 Å². The highest BCUT2D eigenvalue weighted by molar-refractivity contribution is 5.90. The number of rotatable bonds is 7. The normalized spacial score (nSPS) is 25.2. The van der Waals surface area contributed by atoms with Crippen molar-refractivity contribution in [1.29, 1.82) is 0 Å². The fraction of sp³-hybridized carbons (Fsp3) is 0.727. The van der Waals surface area contributed by atoms with E-state index in [2.05, 4.69) is 25.7 Å². The van der Waals surface area contributed by atoms with Gasteiger partial charge in [0.15, 0.2) is 0 Å². The number of aromatic nitrogens is 6. The van der Waals surface area contributed by atoms with Crippen molar-refractivity contribution < 1.29 is 14.7 Å². The average Bonchev–Trinajstić information content (AvgIpc) is 3.58. The Labute approximate surface area is 192 Å². The zero-order chi connectivity index (χ0) is 23.4. The number of hydrogen-bond acceptors (Lipinski definition) is 7. The van der Waals surface area contributed by atoms with Gasteiger partial charge in [-0.2, -0.15) is 5.10 Å². The van der Waals surface area contributed by atoms with E-state index < -0.39 is 23.6 Å². The first-order valence-corrected chi connectivity index (χ1v) is 11.7. The standard InChI is InChI=1S/C22H32N8O3/c1-21(2,3)18(29-10-16(26-27-29)14-4-5-14)20(33)28-9-15(31)8-17(28)19(32)24-11-22(6-7-22)30-13-23-12-25-30/h10,12-15,17-18,31H,4-9,11H2,1-3H3,(H,24,32)/t15-,17+,18-/m1/s1. The fourth-order valence-electron chi connectivity index (χ4n) is 4.78. The molecule has 3 aliphatic rings. The summed E-state index contributed by atoms with van der Waals surface area (Å²) in [5, 5.41) is 26.1. The number of aliphatic hydroxyl groups excluding tert-OH is 1. The van der Waals surface area contributed by atoms with Crippen molar-refractivity contribution in [2.24, 2.45) is 5.41 Å². The molecule has 11 nitrogen and oxygen atoms in total. The lowest BCUT2D eigenvalue weighted by atomic mass is 9.85. The van der Waals surface area contributed by atoms with Crippen LogP contribution in [-0.2, 0) is 15.1 Å². The van der Waals surface area contributed by atoms with Gasteiger partial charge in [0, 0.05) is 31.6 Å². The summed E-state index contributed by atoms with van der Waals surface area (Å²) in [6.45, 7) is 6.47. The van der Waals surface area contributed by atoms with Crippen molar-refractivity contribution in [3.8, 4) is 0 Å². The first-order chi connectivity index (χ1) is 15.7. The van der Waals surface area contributed by atoms with Crippen LogP contribution < -0.4 is 5.32 Å². The van der Waals surface area contributed by atoms with E-state index in [-0.39, 0.29) is 30.3 Å². The number of aliphatic hydroxyl groups is 1. The van der Waals surface area contributed by atoms with Gasteiger partial charge in [-0.15, -0.1) is 5.10 Å². The quantitative estimate of drug-likeness (QED) is 0.624. The Kier molecular flexibility index (Phi) is 5.26. The molecule has 0 unspecified atom stereocenters. The molecule has 0 bridgehead atoms. The summed E-state index contributed by atoms with van der Waals surface area (Å²) in [6.07, 6.45) is 8.51. The highest BCUT2D eigenvalue weighted by Gasteiger charge is 2.48. The maximum Gasteiger partial charge on any atom is 0.248 e. The van der Waals surface area contributed by atoms with Crippen molar-refractivity contribution in [1.82, 2.24) is 40.0 Å².